The number of nitrogens with one attached hydrogen (secondary N) is 2. The van der Waals surface area contributed by atoms with Crippen LogP contribution in [-0.2, 0) is 6.42 Å². The number of anilines is 1. The second kappa shape index (κ2) is 7.25. The summed E-state index contributed by atoms with van der Waals surface area (Å²) in [5.74, 6) is -1.32. The molecule has 0 saturated carbocycles. The molecule has 0 aliphatic heterocycles. The van der Waals surface area contributed by atoms with Crippen molar-refractivity contribution in [3.8, 4) is 11.3 Å². The SMILES string of the molecule is CCCc1[nH]nc(-c2cccc(F)c2)c1NC(=O)c1cccc(F)c1. The molecule has 0 saturated heterocycles. The molecule has 6 heteroatoms. The van der Waals surface area contributed by atoms with Crippen molar-refractivity contribution in [3.05, 3.63) is 71.4 Å². The highest BCUT2D eigenvalue weighted by Crippen LogP contribution is 2.30. The molecule has 4 nitrogen and oxygen atoms in total. The average molecular weight is 341 g/mol. The molecule has 1 aromatic heterocycles. The number of rotatable bonds is 5. The second-order valence-corrected chi connectivity index (χ2v) is 5.65. The van der Waals surface area contributed by atoms with Gasteiger partial charge in [-0.2, -0.15) is 5.10 Å². The Morgan fingerprint density at radius 2 is 1.84 bits per heavy atom. The van der Waals surface area contributed by atoms with Crippen LogP contribution in [0.15, 0.2) is 48.5 Å². The number of amides is 1. The molecule has 25 heavy (non-hydrogen) atoms. The molecule has 1 amide bonds. The van der Waals surface area contributed by atoms with Gasteiger partial charge in [0.2, 0.25) is 0 Å². The lowest BCUT2D eigenvalue weighted by atomic mass is 10.1. The van der Waals surface area contributed by atoms with Gasteiger partial charge in [0.15, 0.2) is 0 Å². The average Bonchev–Trinajstić information content (AvgIpc) is 2.98. The van der Waals surface area contributed by atoms with Gasteiger partial charge in [0.25, 0.3) is 5.91 Å². The van der Waals surface area contributed by atoms with Crippen molar-refractivity contribution < 1.29 is 13.6 Å². The van der Waals surface area contributed by atoms with Crippen LogP contribution in [0.3, 0.4) is 0 Å². The minimum absolute atomic E-state index is 0.203. The highest BCUT2D eigenvalue weighted by atomic mass is 19.1. The van der Waals surface area contributed by atoms with E-state index in [1.807, 2.05) is 6.92 Å². The van der Waals surface area contributed by atoms with Gasteiger partial charge in [-0.1, -0.05) is 31.5 Å². The molecular weight excluding hydrogens is 324 g/mol. The monoisotopic (exact) mass is 341 g/mol. The van der Waals surface area contributed by atoms with Gasteiger partial charge in [-0.3, -0.25) is 9.89 Å². The van der Waals surface area contributed by atoms with Crippen LogP contribution in [0, 0.1) is 11.6 Å². The van der Waals surface area contributed by atoms with Crippen LogP contribution in [0.5, 0.6) is 0 Å². The molecular formula is C19H17F2N3O. The molecule has 0 fully saturated rings. The van der Waals surface area contributed by atoms with Crippen molar-refractivity contribution in [3.63, 3.8) is 0 Å². The zero-order valence-electron chi connectivity index (χ0n) is 13.6. The molecule has 3 rings (SSSR count). The fraction of sp³-hybridized carbons (Fsp3) is 0.158. The van der Waals surface area contributed by atoms with Gasteiger partial charge >= 0.3 is 0 Å². The van der Waals surface area contributed by atoms with Crippen LogP contribution in [-0.4, -0.2) is 16.1 Å². The number of aryl methyl sites for hydroxylation is 1. The first-order chi connectivity index (χ1) is 12.1. The van der Waals surface area contributed by atoms with E-state index in [0.717, 1.165) is 18.2 Å². The van der Waals surface area contributed by atoms with E-state index in [2.05, 4.69) is 15.5 Å². The molecule has 1 heterocycles. The standard InChI is InChI=1S/C19H17F2N3O/c1-2-5-16-18(22-19(25)13-7-4-9-15(21)11-13)17(24-23-16)12-6-3-8-14(20)10-12/h3-4,6-11H,2,5H2,1H3,(H,22,25)(H,23,24). The molecule has 3 aromatic rings. The van der Waals surface area contributed by atoms with E-state index in [1.54, 1.807) is 12.1 Å². The Labute approximate surface area is 143 Å². The Morgan fingerprint density at radius 1 is 1.12 bits per heavy atom. The molecule has 0 spiro atoms. The normalized spacial score (nSPS) is 10.7. The van der Waals surface area contributed by atoms with Gasteiger partial charge in [-0.25, -0.2) is 8.78 Å². The third kappa shape index (κ3) is 3.74. The number of benzene rings is 2. The third-order valence-corrected chi connectivity index (χ3v) is 3.76. The smallest absolute Gasteiger partial charge is 0.255 e. The Kier molecular flexibility index (Phi) is 4.88. The Morgan fingerprint density at radius 3 is 2.52 bits per heavy atom. The molecule has 0 aliphatic carbocycles. The number of nitrogens with zero attached hydrogens (tertiary/aromatic N) is 1. The fourth-order valence-electron chi connectivity index (χ4n) is 2.60. The third-order valence-electron chi connectivity index (χ3n) is 3.76. The Balaban J connectivity index is 1.98. The zero-order chi connectivity index (χ0) is 17.8. The van der Waals surface area contributed by atoms with Gasteiger partial charge in [0.1, 0.15) is 17.3 Å². The van der Waals surface area contributed by atoms with Gasteiger partial charge in [-0.05, 0) is 36.8 Å². The first-order valence-electron chi connectivity index (χ1n) is 7.98. The van der Waals surface area contributed by atoms with Crippen LogP contribution in [0.1, 0.15) is 29.4 Å². The van der Waals surface area contributed by atoms with E-state index in [4.69, 9.17) is 0 Å². The zero-order valence-corrected chi connectivity index (χ0v) is 13.6. The molecule has 2 N–H and O–H groups in total. The van der Waals surface area contributed by atoms with E-state index in [1.165, 1.54) is 30.3 Å². The number of hydrogen-bond acceptors (Lipinski definition) is 2. The number of halogens is 2. The summed E-state index contributed by atoms with van der Waals surface area (Å²) in [6, 6.07) is 11.4. The molecule has 128 valence electrons. The van der Waals surface area contributed by atoms with Crippen LogP contribution < -0.4 is 5.32 Å². The summed E-state index contributed by atoms with van der Waals surface area (Å²) in [4.78, 5) is 12.5. The van der Waals surface area contributed by atoms with Crippen LogP contribution >= 0.6 is 0 Å². The first-order valence-corrected chi connectivity index (χ1v) is 7.98. The Hall–Kier alpha value is -3.02. The van der Waals surface area contributed by atoms with Gasteiger partial charge in [0.05, 0.1) is 11.4 Å². The van der Waals surface area contributed by atoms with Crippen molar-refractivity contribution in [1.29, 1.82) is 0 Å². The van der Waals surface area contributed by atoms with Crippen molar-refractivity contribution in [2.75, 3.05) is 5.32 Å². The lowest BCUT2D eigenvalue weighted by molar-refractivity contribution is 0.102. The number of aromatic nitrogens is 2. The van der Waals surface area contributed by atoms with E-state index < -0.39 is 11.7 Å². The Bertz CT molecular complexity index is 905. The quantitative estimate of drug-likeness (QED) is 0.715. The van der Waals surface area contributed by atoms with Crippen LogP contribution in [0.25, 0.3) is 11.3 Å². The largest absolute Gasteiger partial charge is 0.319 e. The maximum atomic E-state index is 13.5. The second-order valence-electron chi connectivity index (χ2n) is 5.65. The summed E-state index contributed by atoms with van der Waals surface area (Å²) in [7, 11) is 0. The fourth-order valence-corrected chi connectivity index (χ4v) is 2.60. The molecule has 0 atom stereocenters. The lowest BCUT2D eigenvalue weighted by Crippen LogP contribution is -2.13. The number of aromatic amines is 1. The molecule has 0 unspecified atom stereocenters. The minimum atomic E-state index is -0.487. The van der Waals surface area contributed by atoms with E-state index in [9.17, 15) is 13.6 Å². The van der Waals surface area contributed by atoms with Gasteiger partial charge in [-0.15, -0.1) is 0 Å². The minimum Gasteiger partial charge on any atom is -0.319 e. The number of H-pyrrole nitrogens is 1. The topological polar surface area (TPSA) is 57.8 Å². The summed E-state index contributed by atoms with van der Waals surface area (Å²) in [5, 5.41) is 9.91. The molecule has 2 aromatic carbocycles. The summed E-state index contributed by atoms with van der Waals surface area (Å²) in [6.07, 6.45) is 1.51. The highest BCUT2D eigenvalue weighted by Gasteiger charge is 2.18. The molecule has 0 aliphatic rings. The maximum absolute atomic E-state index is 13.5. The number of carbonyl (C=O) groups is 1. The highest BCUT2D eigenvalue weighted by molar-refractivity contribution is 6.06. The molecule has 0 bridgehead atoms. The predicted octanol–water partition coefficient (Wildman–Crippen LogP) is 4.56. The van der Waals surface area contributed by atoms with E-state index >= 15 is 0 Å². The van der Waals surface area contributed by atoms with E-state index in [-0.39, 0.29) is 11.4 Å². The van der Waals surface area contributed by atoms with Gasteiger partial charge in [0, 0.05) is 11.1 Å². The van der Waals surface area contributed by atoms with Crippen molar-refractivity contribution in [1.82, 2.24) is 10.2 Å². The van der Waals surface area contributed by atoms with Crippen LogP contribution in [0.4, 0.5) is 14.5 Å². The van der Waals surface area contributed by atoms with Gasteiger partial charge < -0.3 is 5.32 Å². The summed E-state index contributed by atoms with van der Waals surface area (Å²) in [6.45, 7) is 2.00. The lowest BCUT2D eigenvalue weighted by Gasteiger charge is -2.09. The number of hydrogen-bond donors (Lipinski definition) is 2. The summed E-state index contributed by atoms with van der Waals surface area (Å²) >= 11 is 0. The number of carbonyl (C=O) groups excluding carboxylic acids is 1. The first kappa shape index (κ1) is 16.8. The van der Waals surface area contributed by atoms with Crippen molar-refractivity contribution in [2.24, 2.45) is 0 Å². The van der Waals surface area contributed by atoms with E-state index in [0.29, 0.717) is 23.4 Å². The van der Waals surface area contributed by atoms with Crippen molar-refractivity contribution >= 4 is 11.6 Å². The summed E-state index contributed by atoms with van der Waals surface area (Å²) < 4.78 is 26.9. The van der Waals surface area contributed by atoms with Crippen molar-refractivity contribution in [2.45, 2.75) is 19.8 Å². The van der Waals surface area contributed by atoms with Crippen LogP contribution in [0.2, 0.25) is 0 Å². The summed E-state index contributed by atoms with van der Waals surface area (Å²) in [5.41, 5.74) is 2.43. The maximum Gasteiger partial charge on any atom is 0.255 e. The molecule has 0 radical (unpaired) electrons. The predicted molar refractivity (Wildman–Crippen MR) is 92.3 cm³/mol.